The molecule has 2 rings (SSSR count). The number of halogens is 1. The smallest absolute Gasteiger partial charge is 0.231 e. The highest BCUT2D eigenvalue weighted by atomic mass is 79.9. The van der Waals surface area contributed by atoms with Gasteiger partial charge in [-0.05, 0) is 17.5 Å². The van der Waals surface area contributed by atoms with E-state index >= 15 is 0 Å². The maximum Gasteiger partial charge on any atom is 0.231 e. The fourth-order valence-corrected chi connectivity index (χ4v) is 2.39. The number of nitrogens with two attached hydrogens (primary N) is 1. The lowest BCUT2D eigenvalue weighted by molar-refractivity contribution is 0.322. The van der Waals surface area contributed by atoms with Crippen molar-refractivity contribution in [3.8, 4) is 0 Å². The second kappa shape index (κ2) is 6.30. The minimum absolute atomic E-state index is 0.125. The van der Waals surface area contributed by atoms with E-state index in [0.29, 0.717) is 30.6 Å². The molecule has 0 aliphatic carbocycles. The zero-order chi connectivity index (χ0) is 13.8. The van der Waals surface area contributed by atoms with Crippen molar-refractivity contribution in [2.45, 2.75) is 26.2 Å². The summed E-state index contributed by atoms with van der Waals surface area (Å²) in [7, 11) is 0. The lowest BCUT2D eigenvalue weighted by Crippen LogP contribution is -2.18. The highest BCUT2D eigenvalue weighted by Gasteiger charge is 2.21. The second-order valence-electron chi connectivity index (χ2n) is 4.90. The lowest BCUT2D eigenvalue weighted by Gasteiger charge is -2.13. The van der Waals surface area contributed by atoms with Crippen LogP contribution in [0.4, 0.5) is 0 Å². The monoisotopic (exact) mass is 323 g/mol. The van der Waals surface area contributed by atoms with E-state index in [1.54, 1.807) is 0 Å². The zero-order valence-corrected chi connectivity index (χ0v) is 12.7. The Morgan fingerprint density at radius 3 is 2.68 bits per heavy atom. The fourth-order valence-electron chi connectivity index (χ4n) is 1.96. The molecule has 19 heavy (non-hydrogen) atoms. The van der Waals surface area contributed by atoms with Gasteiger partial charge in [-0.3, -0.25) is 0 Å². The molecule has 102 valence electrons. The Balaban J connectivity index is 2.16. The van der Waals surface area contributed by atoms with Crippen LogP contribution in [0.25, 0.3) is 0 Å². The number of hydrogen-bond donors (Lipinski definition) is 1. The molecule has 1 atom stereocenters. The van der Waals surface area contributed by atoms with Crippen LogP contribution in [-0.4, -0.2) is 16.7 Å². The summed E-state index contributed by atoms with van der Waals surface area (Å²) in [6.45, 7) is 4.73. The highest BCUT2D eigenvalue weighted by Crippen LogP contribution is 2.23. The van der Waals surface area contributed by atoms with E-state index in [1.807, 2.05) is 24.3 Å². The van der Waals surface area contributed by atoms with Gasteiger partial charge in [-0.25, -0.2) is 0 Å². The molecule has 1 aromatic carbocycles. The van der Waals surface area contributed by atoms with Crippen molar-refractivity contribution in [1.29, 1.82) is 0 Å². The molecule has 1 heterocycles. The van der Waals surface area contributed by atoms with Crippen LogP contribution in [-0.2, 0) is 6.42 Å². The van der Waals surface area contributed by atoms with Gasteiger partial charge in [0.05, 0.1) is 5.92 Å². The Morgan fingerprint density at radius 2 is 2.05 bits per heavy atom. The maximum atomic E-state index is 5.76. The summed E-state index contributed by atoms with van der Waals surface area (Å²) in [5, 5.41) is 4.04. The largest absolute Gasteiger partial charge is 0.339 e. The summed E-state index contributed by atoms with van der Waals surface area (Å²) in [6, 6.07) is 8.03. The average molecular weight is 324 g/mol. The standard InChI is InChI=1S/C14H18BrN3O/c1-9(2)11(8-16)14-17-13(18-19-14)7-10-5-3-4-6-12(10)15/h3-6,9,11H,7-8,16H2,1-2H3. The molecular weight excluding hydrogens is 306 g/mol. The third-order valence-electron chi connectivity index (χ3n) is 3.17. The van der Waals surface area contributed by atoms with Crippen molar-refractivity contribution in [3.63, 3.8) is 0 Å². The molecule has 0 aliphatic rings. The first-order valence-electron chi connectivity index (χ1n) is 6.37. The van der Waals surface area contributed by atoms with Crippen LogP contribution in [0.3, 0.4) is 0 Å². The van der Waals surface area contributed by atoms with Gasteiger partial charge in [0, 0.05) is 17.4 Å². The maximum absolute atomic E-state index is 5.76. The SMILES string of the molecule is CC(C)C(CN)c1nc(Cc2ccccc2Br)no1. The first-order valence-corrected chi connectivity index (χ1v) is 7.17. The first-order chi connectivity index (χ1) is 9.11. The predicted octanol–water partition coefficient (Wildman–Crippen LogP) is 3.12. The van der Waals surface area contributed by atoms with Gasteiger partial charge in [0.2, 0.25) is 5.89 Å². The molecule has 0 spiro atoms. The van der Waals surface area contributed by atoms with Crippen LogP contribution >= 0.6 is 15.9 Å². The minimum atomic E-state index is 0.125. The zero-order valence-electron chi connectivity index (χ0n) is 11.1. The van der Waals surface area contributed by atoms with E-state index in [0.717, 1.165) is 10.0 Å². The van der Waals surface area contributed by atoms with E-state index in [2.05, 4.69) is 39.9 Å². The quantitative estimate of drug-likeness (QED) is 0.918. The third-order valence-corrected chi connectivity index (χ3v) is 3.94. The van der Waals surface area contributed by atoms with Gasteiger partial charge in [0.1, 0.15) is 0 Å². The summed E-state index contributed by atoms with van der Waals surface area (Å²) in [5.41, 5.74) is 6.90. The van der Waals surface area contributed by atoms with Gasteiger partial charge >= 0.3 is 0 Å². The summed E-state index contributed by atoms with van der Waals surface area (Å²) in [5.74, 6) is 1.85. The second-order valence-corrected chi connectivity index (χ2v) is 5.76. The molecule has 0 aliphatic heterocycles. The molecule has 0 radical (unpaired) electrons. The lowest BCUT2D eigenvalue weighted by atomic mass is 9.96. The van der Waals surface area contributed by atoms with Crippen LogP contribution in [0, 0.1) is 5.92 Å². The van der Waals surface area contributed by atoms with Gasteiger partial charge in [-0.2, -0.15) is 4.98 Å². The van der Waals surface area contributed by atoms with Gasteiger partial charge < -0.3 is 10.3 Å². The molecule has 1 aromatic heterocycles. The number of rotatable bonds is 5. The molecular formula is C14H18BrN3O. The van der Waals surface area contributed by atoms with Crippen molar-refractivity contribution in [1.82, 2.24) is 10.1 Å². The van der Waals surface area contributed by atoms with Crippen molar-refractivity contribution in [3.05, 3.63) is 46.0 Å². The van der Waals surface area contributed by atoms with Crippen LogP contribution in [0.5, 0.6) is 0 Å². The molecule has 4 nitrogen and oxygen atoms in total. The molecule has 5 heteroatoms. The van der Waals surface area contributed by atoms with Crippen LogP contribution in [0.2, 0.25) is 0 Å². The normalized spacial score (nSPS) is 12.9. The molecule has 0 amide bonds. The highest BCUT2D eigenvalue weighted by molar-refractivity contribution is 9.10. The number of hydrogen-bond acceptors (Lipinski definition) is 4. The van der Waals surface area contributed by atoms with E-state index < -0.39 is 0 Å². The van der Waals surface area contributed by atoms with Crippen molar-refractivity contribution >= 4 is 15.9 Å². The van der Waals surface area contributed by atoms with Gasteiger partial charge in [-0.15, -0.1) is 0 Å². The summed E-state index contributed by atoms with van der Waals surface area (Å²) in [4.78, 5) is 4.46. The Labute approximate surface area is 121 Å². The van der Waals surface area contributed by atoms with E-state index in [1.165, 1.54) is 0 Å². The summed E-state index contributed by atoms with van der Waals surface area (Å²) >= 11 is 3.52. The number of benzene rings is 1. The molecule has 0 bridgehead atoms. The molecule has 2 N–H and O–H groups in total. The van der Waals surface area contributed by atoms with Crippen LogP contribution < -0.4 is 5.73 Å². The number of nitrogens with zero attached hydrogens (tertiary/aromatic N) is 2. The van der Waals surface area contributed by atoms with Gasteiger partial charge in [0.25, 0.3) is 0 Å². The Morgan fingerprint density at radius 1 is 1.32 bits per heavy atom. The van der Waals surface area contributed by atoms with E-state index in [-0.39, 0.29) is 5.92 Å². The van der Waals surface area contributed by atoms with Crippen molar-refractivity contribution in [2.24, 2.45) is 11.7 Å². The van der Waals surface area contributed by atoms with E-state index in [4.69, 9.17) is 10.3 Å². The average Bonchev–Trinajstić information content (AvgIpc) is 2.81. The number of aromatic nitrogens is 2. The first kappa shape index (κ1) is 14.2. The van der Waals surface area contributed by atoms with E-state index in [9.17, 15) is 0 Å². The summed E-state index contributed by atoms with van der Waals surface area (Å²) < 4.78 is 6.39. The molecule has 0 saturated carbocycles. The molecule has 0 saturated heterocycles. The predicted molar refractivity (Wildman–Crippen MR) is 77.9 cm³/mol. The Hall–Kier alpha value is -1.20. The topological polar surface area (TPSA) is 64.9 Å². The molecule has 2 aromatic rings. The minimum Gasteiger partial charge on any atom is -0.339 e. The molecule has 0 fully saturated rings. The Kier molecular flexibility index (Phi) is 4.71. The fraction of sp³-hybridized carbons (Fsp3) is 0.429. The van der Waals surface area contributed by atoms with Crippen LogP contribution in [0.15, 0.2) is 33.3 Å². The molecule has 1 unspecified atom stereocenters. The Bertz CT molecular complexity index is 539. The summed E-state index contributed by atoms with van der Waals surface area (Å²) in [6.07, 6.45) is 0.653. The van der Waals surface area contributed by atoms with Gasteiger partial charge in [-0.1, -0.05) is 53.1 Å². The van der Waals surface area contributed by atoms with Crippen molar-refractivity contribution in [2.75, 3.05) is 6.54 Å². The van der Waals surface area contributed by atoms with Gasteiger partial charge in [0.15, 0.2) is 5.82 Å². The van der Waals surface area contributed by atoms with Crippen molar-refractivity contribution < 1.29 is 4.52 Å². The third kappa shape index (κ3) is 3.42. The van der Waals surface area contributed by atoms with Crippen LogP contribution in [0.1, 0.15) is 37.0 Å².